The molecule has 2 aromatic heterocycles. The number of piperidine rings is 1. The van der Waals surface area contributed by atoms with E-state index in [0.29, 0.717) is 5.92 Å². The monoisotopic (exact) mass is 289 g/mol. The standard InChI is InChI=1S/C15H23N5O/c1-4-12(21)11-5-7-20(8-6-11)15-13-10(2)18-19(3)14(13)16-9-17-15/h9,11-12,21H,4-8H2,1-3H3. The fraction of sp³-hybridized carbons (Fsp3) is 0.667. The molecule has 6 nitrogen and oxygen atoms in total. The van der Waals surface area contributed by atoms with E-state index in [4.69, 9.17) is 0 Å². The van der Waals surface area contributed by atoms with E-state index in [1.54, 1.807) is 6.33 Å². The molecule has 3 heterocycles. The van der Waals surface area contributed by atoms with Crippen LogP contribution in [0.3, 0.4) is 0 Å². The highest BCUT2D eigenvalue weighted by molar-refractivity contribution is 5.89. The van der Waals surface area contributed by atoms with E-state index < -0.39 is 0 Å². The van der Waals surface area contributed by atoms with Crippen LogP contribution in [0.1, 0.15) is 31.9 Å². The van der Waals surface area contributed by atoms with Crippen LogP contribution in [0.25, 0.3) is 11.0 Å². The first-order valence-corrected chi connectivity index (χ1v) is 7.69. The molecule has 3 rings (SSSR count). The van der Waals surface area contributed by atoms with Crippen molar-refractivity contribution in [2.75, 3.05) is 18.0 Å². The fourth-order valence-corrected chi connectivity index (χ4v) is 3.33. The smallest absolute Gasteiger partial charge is 0.163 e. The van der Waals surface area contributed by atoms with Gasteiger partial charge in [-0.3, -0.25) is 4.68 Å². The number of rotatable bonds is 3. The number of hydrogen-bond donors (Lipinski definition) is 1. The Kier molecular flexibility index (Phi) is 3.80. The third kappa shape index (κ3) is 2.48. The first-order valence-electron chi connectivity index (χ1n) is 7.69. The summed E-state index contributed by atoms with van der Waals surface area (Å²) >= 11 is 0. The van der Waals surface area contributed by atoms with Crippen LogP contribution < -0.4 is 4.90 Å². The molecule has 1 atom stereocenters. The molecule has 21 heavy (non-hydrogen) atoms. The molecule has 0 saturated carbocycles. The second-order valence-electron chi connectivity index (χ2n) is 5.90. The summed E-state index contributed by atoms with van der Waals surface area (Å²) in [7, 11) is 1.91. The summed E-state index contributed by atoms with van der Waals surface area (Å²) in [6.45, 7) is 5.91. The van der Waals surface area contributed by atoms with Gasteiger partial charge in [0.25, 0.3) is 0 Å². The molecule has 6 heteroatoms. The number of aliphatic hydroxyl groups is 1. The van der Waals surface area contributed by atoms with Crippen LogP contribution >= 0.6 is 0 Å². The third-order valence-corrected chi connectivity index (χ3v) is 4.58. The van der Waals surface area contributed by atoms with Crippen LogP contribution in [0, 0.1) is 12.8 Å². The lowest BCUT2D eigenvalue weighted by Gasteiger charge is -2.34. The van der Waals surface area contributed by atoms with Crippen molar-refractivity contribution >= 4 is 16.9 Å². The largest absolute Gasteiger partial charge is 0.393 e. The normalized spacial score (nSPS) is 18.4. The van der Waals surface area contributed by atoms with E-state index in [1.165, 1.54) is 0 Å². The first-order chi connectivity index (χ1) is 10.1. The molecule has 0 aliphatic carbocycles. The maximum Gasteiger partial charge on any atom is 0.163 e. The van der Waals surface area contributed by atoms with Crippen molar-refractivity contribution in [3.8, 4) is 0 Å². The summed E-state index contributed by atoms with van der Waals surface area (Å²) in [6.07, 6.45) is 4.31. The quantitative estimate of drug-likeness (QED) is 0.931. The van der Waals surface area contributed by atoms with Gasteiger partial charge in [-0.05, 0) is 32.1 Å². The van der Waals surface area contributed by atoms with Crippen molar-refractivity contribution < 1.29 is 5.11 Å². The van der Waals surface area contributed by atoms with Gasteiger partial charge in [-0.1, -0.05) is 6.92 Å². The van der Waals surface area contributed by atoms with Crippen LogP contribution in [0.4, 0.5) is 5.82 Å². The van der Waals surface area contributed by atoms with Gasteiger partial charge in [0.1, 0.15) is 12.1 Å². The summed E-state index contributed by atoms with van der Waals surface area (Å²) < 4.78 is 1.81. The molecule has 0 bridgehead atoms. The van der Waals surface area contributed by atoms with Crippen molar-refractivity contribution in [1.29, 1.82) is 0 Å². The summed E-state index contributed by atoms with van der Waals surface area (Å²) in [4.78, 5) is 11.1. The van der Waals surface area contributed by atoms with E-state index in [2.05, 4.69) is 20.0 Å². The molecule has 114 valence electrons. The molecule has 2 aromatic rings. The molecule has 1 aliphatic heterocycles. The van der Waals surface area contributed by atoms with E-state index in [0.717, 1.165) is 54.9 Å². The zero-order valence-electron chi connectivity index (χ0n) is 13.0. The number of anilines is 1. The van der Waals surface area contributed by atoms with Gasteiger partial charge in [0.2, 0.25) is 0 Å². The highest BCUT2D eigenvalue weighted by Gasteiger charge is 2.26. The topological polar surface area (TPSA) is 67.1 Å². The number of hydrogen-bond acceptors (Lipinski definition) is 5. The Morgan fingerprint density at radius 2 is 2.05 bits per heavy atom. The maximum absolute atomic E-state index is 10.0. The van der Waals surface area contributed by atoms with Gasteiger partial charge in [-0.2, -0.15) is 5.10 Å². The molecular formula is C15H23N5O. The minimum absolute atomic E-state index is 0.169. The molecule has 1 aliphatic rings. The number of aryl methyl sites for hydroxylation is 2. The average molecular weight is 289 g/mol. The lowest BCUT2D eigenvalue weighted by molar-refractivity contribution is 0.0892. The molecule has 1 unspecified atom stereocenters. The van der Waals surface area contributed by atoms with Gasteiger partial charge in [-0.25, -0.2) is 9.97 Å². The maximum atomic E-state index is 10.0. The lowest BCUT2D eigenvalue weighted by Crippen LogP contribution is -2.38. The molecule has 1 N–H and O–H groups in total. The van der Waals surface area contributed by atoms with Crippen molar-refractivity contribution in [2.24, 2.45) is 13.0 Å². The van der Waals surface area contributed by atoms with Crippen molar-refractivity contribution in [2.45, 2.75) is 39.2 Å². The molecule has 1 saturated heterocycles. The minimum atomic E-state index is -0.169. The van der Waals surface area contributed by atoms with Gasteiger partial charge in [0, 0.05) is 20.1 Å². The Morgan fingerprint density at radius 1 is 1.33 bits per heavy atom. The Bertz CT molecular complexity index is 630. The number of nitrogens with zero attached hydrogens (tertiary/aromatic N) is 5. The number of fused-ring (bicyclic) bond motifs is 1. The van der Waals surface area contributed by atoms with Gasteiger partial charge in [0.05, 0.1) is 17.2 Å². The summed E-state index contributed by atoms with van der Waals surface area (Å²) in [5, 5.41) is 15.5. The van der Waals surface area contributed by atoms with Crippen LogP contribution in [0.15, 0.2) is 6.33 Å². The second-order valence-corrected chi connectivity index (χ2v) is 5.90. The van der Waals surface area contributed by atoms with E-state index in [-0.39, 0.29) is 6.10 Å². The van der Waals surface area contributed by atoms with Crippen LogP contribution in [0.5, 0.6) is 0 Å². The van der Waals surface area contributed by atoms with Crippen molar-refractivity contribution in [3.63, 3.8) is 0 Å². The summed E-state index contributed by atoms with van der Waals surface area (Å²) in [5.41, 5.74) is 1.85. The minimum Gasteiger partial charge on any atom is -0.393 e. The molecule has 0 amide bonds. The van der Waals surface area contributed by atoms with E-state index in [9.17, 15) is 5.11 Å². The molecular weight excluding hydrogens is 266 g/mol. The van der Waals surface area contributed by atoms with Gasteiger partial charge in [-0.15, -0.1) is 0 Å². The van der Waals surface area contributed by atoms with Gasteiger partial charge < -0.3 is 10.0 Å². The molecule has 0 radical (unpaired) electrons. The highest BCUT2D eigenvalue weighted by atomic mass is 16.3. The Balaban J connectivity index is 1.86. The second kappa shape index (κ2) is 5.60. The van der Waals surface area contributed by atoms with Gasteiger partial charge in [0.15, 0.2) is 5.65 Å². The summed E-state index contributed by atoms with van der Waals surface area (Å²) in [6, 6.07) is 0. The predicted octanol–water partition coefficient (Wildman–Crippen LogP) is 1.66. The van der Waals surface area contributed by atoms with E-state index in [1.807, 2.05) is 25.6 Å². The Morgan fingerprint density at radius 3 is 2.71 bits per heavy atom. The SMILES string of the molecule is CCC(O)C1CCN(c2ncnc3c2c(C)nn3C)CC1. The average Bonchev–Trinajstić information content (AvgIpc) is 2.82. The summed E-state index contributed by atoms with van der Waals surface area (Å²) in [5.74, 6) is 1.40. The molecule has 0 spiro atoms. The lowest BCUT2D eigenvalue weighted by atomic mass is 9.90. The molecule has 0 aromatic carbocycles. The third-order valence-electron chi connectivity index (χ3n) is 4.58. The highest BCUT2D eigenvalue weighted by Crippen LogP contribution is 2.30. The van der Waals surface area contributed by atoms with Crippen LogP contribution in [-0.2, 0) is 7.05 Å². The zero-order valence-corrected chi connectivity index (χ0v) is 13.0. The van der Waals surface area contributed by atoms with Gasteiger partial charge >= 0.3 is 0 Å². The van der Waals surface area contributed by atoms with Crippen LogP contribution in [0.2, 0.25) is 0 Å². The number of aliphatic hydroxyl groups excluding tert-OH is 1. The van der Waals surface area contributed by atoms with Crippen LogP contribution in [-0.4, -0.2) is 44.0 Å². The Hall–Kier alpha value is -1.69. The van der Waals surface area contributed by atoms with Crippen molar-refractivity contribution in [1.82, 2.24) is 19.7 Å². The van der Waals surface area contributed by atoms with Crippen molar-refractivity contribution in [3.05, 3.63) is 12.0 Å². The van der Waals surface area contributed by atoms with E-state index >= 15 is 0 Å². The zero-order chi connectivity index (χ0) is 15.0. The predicted molar refractivity (Wildman–Crippen MR) is 82.3 cm³/mol. The fourth-order valence-electron chi connectivity index (χ4n) is 3.33. The number of aromatic nitrogens is 4. The Labute approximate surface area is 124 Å². The first kappa shape index (κ1) is 14.3. The molecule has 1 fully saturated rings.